The van der Waals surface area contributed by atoms with Crippen molar-refractivity contribution in [2.45, 2.75) is 20.0 Å². The molecule has 3 rings (SSSR count). The summed E-state index contributed by atoms with van der Waals surface area (Å²) in [6.45, 7) is 2.69. The monoisotopic (exact) mass is 337 g/mol. The van der Waals surface area contributed by atoms with Crippen LogP contribution >= 0.6 is 0 Å². The van der Waals surface area contributed by atoms with E-state index in [4.69, 9.17) is 4.84 Å². The highest BCUT2D eigenvalue weighted by Crippen LogP contribution is 2.13. The molecule has 3 aromatic rings. The molecular weight excluding hydrogens is 318 g/mol. The molecule has 7 heteroatoms. The second-order valence-corrected chi connectivity index (χ2v) is 5.55. The van der Waals surface area contributed by atoms with E-state index in [0.29, 0.717) is 18.8 Å². The Balaban J connectivity index is 1.77. The molecule has 0 aliphatic rings. The van der Waals surface area contributed by atoms with Gasteiger partial charge in [-0.25, -0.2) is 9.75 Å². The van der Waals surface area contributed by atoms with Gasteiger partial charge in [-0.15, -0.1) is 5.10 Å². The van der Waals surface area contributed by atoms with Gasteiger partial charge >= 0.3 is 0 Å². The number of hydroxylamine groups is 2. The first-order valence-corrected chi connectivity index (χ1v) is 7.88. The fourth-order valence-electron chi connectivity index (χ4n) is 2.46. The minimum atomic E-state index is -0.315. The summed E-state index contributed by atoms with van der Waals surface area (Å²) in [6, 6.07) is 13.4. The molecule has 0 bridgehead atoms. The molecule has 2 aromatic heterocycles. The fourth-order valence-corrected chi connectivity index (χ4v) is 2.46. The lowest BCUT2D eigenvalue weighted by Crippen LogP contribution is -2.30. The van der Waals surface area contributed by atoms with Gasteiger partial charge in [-0.3, -0.25) is 14.6 Å². The maximum atomic E-state index is 12.7. The Bertz CT molecular complexity index is 833. The Morgan fingerprint density at radius 1 is 1.12 bits per heavy atom. The summed E-state index contributed by atoms with van der Waals surface area (Å²) in [4.78, 5) is 22.0. The summed E-state index contributed by atoms with van der Waals surface area (Å²) in [7, 11) is 1.47. The molecule has 0 fully saturated rings. The molecule has 2 heterocycles. The number of hydrogen-bond acceptors (Lipinski definition) is 5. The lowest BCUT2D eigenvalue weighted by molar-refractivity contribution is -0.102. The van der Waals surface area contributed by atoms with E-state index in [1.165, 1.54) is 12.2 Å². The SMILES string of the molecule is CON(Cc1ccccc1)C(=O)c1nnn(Cc2ccncc2)c1C. The molecule has 1 amide bonds. The van der Waals surface area contributed by atoms with Crippen LogP contribution in [-0.4, -0.2) is 38.1 Å². The Labute approximate surface area is 145 Å². The molecule has 7 nitrogen and oxygen atoms in total. The van der Waals surface area contributed by atoms with Gasteiger partial charge < -0.3 is 0 Å². The Morgan fingerprint density at radius 2 is 1.84 bits per heavy atom. The number of aromatic nitrogens is 4. The van der Waals surface area contributed by atoms with E-state index in [2.05, 4.69) is 15.3 Å². The number of benzene rings is 1. The van der Waals surface area contributed by atoms with Gasteiger partial charge in [-0.2, -0.15) is 0 Å². The van der Waals surface area contributed by atoms with Crippen LogP contribution in [0.25, 0.3) is 0 Å². The molecule has 25 heavy (non-hydrogen) atoms. The molecule has 0 atom stereocenters. The average Bonchev–Trinajstić information content (AvgIpc) is 3.01. The fraction of sp³-hybridized carbons (Fsp3) is 0.222. The molecule has 0 radical (unpaired) electrons. The second-order valence-electron chi connectivity index (χ2n) is 5.55. The van der Waals surface area contributed by atoms with Crippen LogP contribution in [0.4, 0.5) is 0 Å². The zero-order valence-electron chi connectivity index (χ0n) is 14.2. The Morgan fingerprint density at radius 3 is 2.52 bits per heavy atom. The van der Waals surface area contributed by atoms with Gasteiger partial charge in [0.25, 0.3) is 5.91 Å². The van der Waals surface area contributed by atoms with Crippen molar-refractivity contribution in [3.8, 4) is 0 Å². The standard InChI is InChI=1S/C18H19N5O2/c1-14-17(20-21-22(14)12-16-8-10-19-11-9-16)18(24)23(25-2)13-15-6-4-3-5-7-15/h3-11H,12-13H2,1-2H3. The topological polar surface area (TPSA) is 73.1 Å². The van der Waals surface area contributed by atoms with Gasteiger partial charge in [0, 0.05) is 12.4 Å². The van der Waals surface area contributed by atoms with Gasteiger partial charge in [0.1, 0.15) is 0 Å². The number of rotatable bonds is 6. The minimum absolute atomic E-state index is 0.284. The van der Waals surface area contributed by atoms with Crippen molar-refractivity contribution < 1.29 is 9.63 Å². The number of nitrogens with zero attached hydrogens (tertiary/aromatic N) is 5. The molecule has 0 spiro atoms. The first-order valence-electron chi connectivity index (χ1n) is 7.88. The Kier molecular flexibility index (Phi) is 5.15. The minimum Gasteiger partial charge on any atom is -0.274 e. The molecule has 0 unspecified atom stereocenters. The van der Waals surface area contributed by atoms with Gasteiger partial charge in [-0.05, 0) is 30.2 Å². The molecule has 1 aromatic carbocycles. The van der Waals surface area contributed by atoms with Crippen LogP contribution in [-0.2, 0) is 17.9 Å². The lowest BCUT2D eigenvalue weighted by atomic mass is 10.2. The van der Waals surface area contributed by atoms with E-state index in [9.17, 15) is 4.79 Å². The van der Waals surface area contributed by atoms with Crippen LogP contribution in [0.5, 0.6) is 0 Å². The van der Waals surface area contributed by atoms with Gasteiger partial charge in [0.05, 0.1) is 25.9 Å². The predicted molar refractivity (Wildman–Crippen MR) is 91.4 cm³/mol. The molecule has 0 aliphatic heterocycles. The molecular formula is C18H19N5O2. The van der Waals surface area contributed by atoms with Gasteiger partial charge in [0.2, 0.25) is 0 Å². The third kappa shape index (κ3) is 3.89. The van der Waals surface area contributed by atoms with E-state index >= 15 is 0 Å². The largest absolute Gasteiger partial charge is 0.300 e. The highest BCUT2D eigenvalue weighted by Gasteiger charge is 2.23. The Hall–Kier alpha value is -3.06. The summed E-state index contributed by atoms with van der Waals surface area (Å²) >= 11 is 0. The quantitative estimate of drug-likeness (QED) is 0.645. The maximum Gasteiger partial charge on any atom is 0.300 e. The number of carbonyl (C=O) groups excluding carboxylic acids is 1. The molecule has 0 N–H and O–H groups in total. The summed E-state index contributed by atoms with van der Waals surface area (Å²) in [5.74, 6) is -0.315. The first-order chi connectivity index (χ1) is 12.2. The van der Waals surface area contributed by atoms with Crippen molar-refractivity contribution in [1.82, 2.24) is 25.0 Å². The summed E-state index contributed by atoms with van der Waals surface area (Å²) in [5.41, 5.74) is 2.98. The van der Waals surface area contributed by atoms with E-state index < -0.39 is 0 Å². The summed E-state index contributed by atoms with van der Waals surface area (Å²) in [6.07, 6.45) is 3.44. The predicted octanol–water partition coefficient (Wildman–Crippen LogP) is 2.23. The van der Waals surface area contributed by atoms with Crippen molar-refractivity contribution >= 4 is 5.91 Å². The van der Waals surface area contributed by atoms with E-state index in [1.807, 2.05) is 49.4 Å². The smallest absolute Gasteiger partial charge is 0.274 e. The second kappa shape index (κ2) is 7.67. The summed E-state index contributed by atoms with van der Waals surface area (Å²) in [5, 5.41) is 9.43. The molecule has 0 aliphatic carbocycles. The third-order valence-corrected chi connectivity index (χ3v) is 3.88. The lowest BCUT2D eigenvalue weighted by Gasteiger charge is -2.18. The first kappa shape index (κ1) is 16.8. The average molecular weight is 337 g/mol. The van der Waals surface area contributed by atoms with Crippen LogP contribution < -0.4 is 0 Å². The van der Waals surface area contributed by atoms with Crippen LogP contribution in [0.3, 0.4) is 0 Å². The number of carbonyl (C=O) groups is 1. The van der Waals surface area contributed by atoms with Gasteiger partial charge in [-0.1, -0.05) is 35.5 Å². The molecule has 0 saturated heterocycles. The maximum absolute atomic E-state index is 12.7. The van der Waals surface area contributed by atoms with Crippen molar-refractivity contribution in [3.05, 3.63) is 77.4 Å². The van der Waals surface area contributed by atoms with Crippen molar-refractivity contribution in [1.29, 1.82) is 0 Å². The van der Waals surface area contributed by atoms with Crippen LogP contribution in [0.1, 0.15) is 27.3 Å². The van der Waals surface area contributed by atoms with E-state index in [-0.39, 0.29) is 11.6 Å². The normalized spacial score (nSPS) is 10.6. The molecule has 0 saturated carbocycles. The van der Waals surface area contributed by atoms with Gasteiger partial charge in [0.15, 0.2) is 5.69 Å². The highest BCUT2D eigenvalue weighted by atomic mass is 16.7. The number of pyridine rings is 1. The van der Waals surface area contributed by atoms with Crippen LogP contribution in [0.15, 0.2) is 54.9 Å². The summed E-state index contributed by atoms with van der Waals surface area (Å²) < 4.78 is 1.69. The highest BCUT2D eigenvalue weighted by molar-refractivity contribution is 5.92. The third-order valence-electron chi connectivity index (χ3n) is 3.88. The zero-order chi connectivity index (χ0) is 17.6. The van der Waals surface area contributed by atoms with Crippen molar-refractivity contribution in [2.75, 3.05) is 7.11 Å². The van der Waals surface area contributed by atoms with Crippen LogP contribution in [0, 0.1) is 6.92 Å². The van der Waals surface area contributed by atoms with Crippen molar-refractivity contribution in [2.24, 2.45) is 0 Å². The zero-order valence-corrected chi connectivity index (χ0v) is 14.2. The van der Waals surface area contributed by atoms with E-state index in [0.717, 1.165) is 11.1 Å². The van der Waals surface area contributed by atoms with Crippen molar-refractivity contribution in [3.63, 3.8) is 0 Å². The van der Waals surface area contributed by atoms with E-state index in [1.54, 1.807) is 17.1 Å². The molecule has 128 valence electrons. The number of amides is 1. The van der Waals surface area contributed by atoms with Crippen LogP contribution in [0.2, 0.25) is 0 Å². The number of hydrogen-bond donors (Lipinski definition) is 0.